The standard InChI is InChI=1S/C12H13ClNO3S/c1-9(4-2-3-7-15)18-12-6-5-10(14(16)17)8-11(12)13/h2-3,5-6,8-9H,4,7H2,1H3/b3-2+. The van der Waals surface area contributed by atoms with Crippen molar-refractivity contribution < 1.29 is 10.0 Å². The minimum atomic E-state index is -0.471. The molecule has 1 aromatic rings. The number of nitro groups is 1. The quantitative estimate of drug-likeness (QED) is 0.342. The molecule has 0 aliphatic rings. The van der Waals surface area contributed by atoms with Gasteiger partial charge in [0.05, 0.1) is 9.95 Å². The lowest BCUT2D eigenvalue weighted by molar-refractivity contribution is -0.384. The van der Waals surface area contributed by atoms with Crippen molar-refractivity contribution in [2.75, 3.05) is 6.61 Å². The Morgan fingerprint density at radius 2 is 2.22 bits per heavy atom. The molecule has 1 rings (SSSR count). The molecule has 0 fully saturated rings. The molecular formula is C12H13ClNO3S. The van der Waals surface area contributed by atoms with Gasteiger partial charge in [0.1, 0.15) is 6.61 Å². The van der Waals surface area contributed by atoms with Crippen LogP contribution in [-0.2, 0) is 5.11 Å². The Hall–Kier alpha value is -1.04. The number of hydrogen-bond acceptors (Lipinski definition) is 3. The minimum absolute atomic E-state index is 0.0109. The third kappa shape index (κ3) is 4.68. The number of thioether (sulfide) groups is 1. The number of halogens is 1. The van der Waals surface area contributed by atoms with E-state index in [1.165, 1.54) is 23.9 Å². The highest BCUT2D eigenvalue weighted by Crippen LogP contribution is 2.33. The molecule has 1 atom stereocenters. The summed E-state index contributed by atoms with van der Waals surface area (Å²) in [6.45, 7) is 1.80. The van der Waals surface area contributed by atoms with E-state index in [-0.39, 0.29) is 17.5 Å². The van der Waals surface area contributed by atoms with Gasteiger partial charge in [-0.2, -0.15) is 0 Å². The molecule has 0 aromatic heterocycles. The summed E-state index contributed by atoms with van der Waals surface area (Å²) in [5.74, 6) is 0. The molecule has 0 aliphatic heterocycles. The Morgan fingerprint density at radius 1 is 1.50 bits per heavy atom. The van der Waals surface area contributed by atoms with Gasteiger partial charge >= 0.3 is 0 Å². The molecule has 0 saturated heterocycles. The highest BCUT2D eigenvalue weighted by Gasteiger charge is 2.11. The van der Waals surface area contributed by atoms with Crippen molar-refractivity contribution in [1.29, 1.82) is 0 Å². The summed E-state index contributed by atoms with van der Waals surface area (Å²) in [5, 5.41) is 21.4. The maximum atomic E-state index is 10.6. The first-order chi connectivity index (χ1) is 8.54. The number of non-ortho nitro benzene ring substituents is 1. The second-order valence-electron chi connectivity index (χ2n) is 3.67. The summed E-state index contributed by atoms with van der Waals surface area (Å²) in [4.78, 5) is 10.9. The Bertz CT molecular complexity index is 451. The zero-order valence-electron chi connectivity index (χ0n) is 9.84. The average Bonchev–Trinajstić information content (AvgIpc) is 2.32. The van der Waals surface area contributed by atoms with Crippen molar-refractivity contribution in [2.24, 2.45) is 0 Å². The fourth-order valence-electron chi connectivity index (χ4n) is 1.32. The van der Waals surface area contributed by atoms with E-state index < -0.39 is 4.92 Å². The van der Waals surface area contributed by atoms with Crippen LogP contribution >= 0.6 is 23.4 Å². The molecule has 18 heavy (non-hydrogen) atoms. The fraction of sp³-hybridized carbons (Fsp3) is 0.333. The van der Waals surface area contributed by atoms with E-state index in [1.54, 1.807) is 12.1 Å². The lowest BCUT2D eigenvalue weighted by atomic mass is 10.3. The molecule has 0 bridgehead atoms. The smallest absolute Gasteiger partial charge is 0.258 e. The van der Waals surface area contributed by atoms with Gasteiger partial charge in [0.25, 0.3) is 5.69 Å². The Labute approximate surface area is 115 Å². The number of hydrogen-bond donors (Lipinski definition) is 0. The SMILES string of the molecule is CC(C/C=C/C[O])Sc1ccc([N+](=O)[O-])cc1Cl. The zero-order valence-corrected chi connectivity index (χ0v) is 11.4. The van der Waals surface area contributed by atoms with Crippen LogP contribution < -0.4 is 0 Å². The largest absolute Gasteiger partial charge is 0.270 e. The maximum absolute atomic E-state index is 10.6. The first-order valence-corrected chi connectivity index (χ1v) is 6.64. The lowest BCUT2D eigenvalue weighted by Gasteiger charge is -2.09. The predicted molar refractivity (Wildman–Crippen MR) is 72.7 cm³/mol. The monoisotopic (exact) mass is 286 g/mol. The molecule has 1 radical (unpaired) electrons. The van der Waals surface area contributed by atoms with Gasteiger partial charge in [-0.3, -0.25) is 10.1 Å². The van der Waals surface area contributed by atoms with Crippen molar-refractivity contribution in [3.63, 3.8) is 0 Å². The highest BCUT2D eigenvalue weighted by molar-refractivity contribution is 8.00. The van der Waals surface area contributed by atoms with E-state index in [0.717, 1.165) is 11.3 Å². The lowest BCUT2D eigenvalue weighted by Crippen LogP contribution is -1.94. The molecule has 0 aliphatic carbocycles. The molecule has 6 heteroatoms. The molecule has 1 unspecified atom stereocenters. The Morgan fingerprint density at radius 3 is 2.78 bits per heavy atom. The third-order valence-corrected chi connectivity index (χ3v) is 3.81. The van der Waals surface area contributed by atoms with E-state index in [0.29, 0.717) is 5.02 Å². The molecule has 0 saturated carbocycles. The van der Waals surface area contributed by atoms with Gasteiger partial charge in [0.15, 0.2) is 0 Å². The van der Waals surface area contributed by atoms with Crippen molar-refractivity contribution in [2.45, 2.75) is 23.5 Å². The van der Waals surface area contributed by atoms with Gasteiger partial charge in [-0.1, -0.05) is 30.7 Å². The number of nitro benzene ring substituents is 1. The Balaban J connectivity index is 2.67. The molecular weight excluding hydrogens is 274 g/mol. The van der Waals surface area contributed by atoms with Crippen LogP contribution in [0.5, 0.6) is 0 Å². The van der Waals surface area contributed by atoms with Crippen LogP contribution in [0, 0.1) is 10.1 Å². The van der Waals surface area contributed by atoms with Gasteiger partial charge in [-0.15, -0.1) is 11.8 Å². The van der Waals surface area contributed by atoms with E-state index in [4.69, 9.17) is 11.6 Å². The summed E-state index contributed by atoms with van der Waals surface area (Å²) in [5.41, 5.74) is -0.0109. The van der Waals surface area contributed by atoms with E-state index in [9.17, 15) is 15.2 Å². The van der Waals surface area contributed by atoms with Crippen molar-refractivity contribution in [3.05, 3.63) is 45.5 Å². The van der Waals surface area contributed by atoms with E-state index >= 15 is 0 Å². The fourth-order valence-corrected chi connectivity index (χ4v) is 2.59. The van der Waals surface area contributed by atoms with Crippen molar-refractivity contribution in [1.82, 2.24) is 0 Å². The average molecular weight is 287 g/mol. The van der Waals surface area contributed by atoms with E-state index in [2.05, 4.69) is 0 Å². The second kappa shape index (κ2) is 7.41. The van der Waals surface area contributed by atoms with Gasteiger partial charge < -0.3 is 0 Å². The molecule has 0 spiro atoms. The predicted octanol–water partition coefficient (Wildman–Crippen LogP) is 4.11. The normalized spacial score (nSPS) is 12.8. The van der Waals surface area contributed by atoms with Crippen LogP contribution in [0.3, 0.4) is 0 Å². The Kier molecular flexibility index (Phi) is 6.18. The van der Waals surface area contributed by atoms with Crippen LogP contribution in [0.4, 0.5) is 5.69 Å². The molecule has 0 heterocycles. The number of allylic oxidation sites excluding steroid dienone is 1. The van der Waals surface area contributed by atoms with Gasteiger partial charge in [0.2, 0.25) is 0 Å². The summed E-state index contributed by atoms with van der Waals surface area (Å²) >= 11 is 7.52. The number of rotatable bonds is 6. The summed E-state index contributed by atoms with van der Waals surface area (Å²) in [6, 6.07) is 4.44. The summed E-state index contributed by atoms with van der Waals surface area (Å²) < 4.78 is 0. The van der Waals surface area contributed by atoms with E-state index in [1.807, 2.05) is 13.0 Å². The number of benzene rings is 1. The van der Waals surface area contributed by atoms with Crippen molar-refractivity contribution >= 4 is 29.1 Å². The first-order valence-electron chi connectivity index (χ1n) is 5.38. The van der Waals surface area contributed by atoms with Crippen LogP contribution in [0.15, 0.2) is 35.2 Å². The van der Waals surface area contributed by atoms with Gasteiger partial charge in [0, 0.05) is 22.3 Å². The van der Waals surface area contributed by atoms with Crippen LogP contribution in [0.1, 0.15) is 13.3 Å². The highest BCUT2D eigenvalue weighted by atomic mass is 35.5. The van der Waals surface area contributed by atoms with Gasteiger partial charge in [-0.25, -0.2) is 5.11 Å². The third-order valence-electron chi connectivity index (χ3n) is 2.19. The van der Waals surface area contributed by atoms with Crippen LogP contribution in [-0.4, -0.2) is 16.8 Å². The zero-order chi connectivity index (χ0) is 13.5. The summed E-state index contributed by atoms with van der Waals surface area (Å²) in [6.07, 6.45) is 4.18. The molecule has 1 aromatic carbocycles. The van der Waals surface area contributed by atoms with Crippen LogP contribution in [0.2, 0.25) is 5.02 Å². The maximum Gasteiger partial charge on any atom is 0.270 e. The van der Waals surface area contributed by atoms with Crippen molar-refractivity contribution in [3.8, 4) is 0 Å². The topological polar surface area (TPSA) is 63.0 Å². The molecule has 97 valence electrons. The van der Waals surface area contributed by atoms with Gasteiger partial charge in [-0.05, 0) is 12.5 Å². The summed E-state index contributed by atoms with van der Waals surface area (Å²) in [7, 11) is 0. The molecule has 4 nitrogen and oxygen atoms in total. The first kappa shape index (κ1) is 15.0. The second-order valence-corrected chi connectivity index (χ2v) is 5.56. The number of nitrogens with zero attached hydrogens (tertiary/aromatic N) is 1. The molecule has 0 N–H and O–H groups in total. The minimum Gasteiger partial charge on any atom is -0.258 e. The van der Waals surface area contributed by atoms with Crippen LogP contribution in [0.25, 0.3) is 0 Å². The molecule has 0 amide bonds.